The molecule has 0 unspecified atom stereocenters. The lowest BCUT2D eigenvalue weighted by molar-refractivity contribution is 0.111. The van der Waals surface area contributed by atoms with Crippen LogP contribution in [0.1, 0.15) is 35.7 Å². The number of ether oxygens (including phenoxy) is 1. The molecule has 14 heavy (non-hydrogen) atoms. The van der Waals surface area contributed by atoms with Crippen molar-refractivity contribution in [2.75, 3.05) is 7.11 Å². The van der Waals surface area contributed by atoms with Crippen LogP contribution >= 0.6 is 0 Å². The Hall–Kier alpha value is -1.51. The average Bonchev–Trinajstić information content (AvgIpc) is 2.16. The van der Waals surface area contributed by atoms with E-state index in [9.17, 15) is 9.90 Å². The van der Waals surface area contributed by atoms with Gasteiger partial charge in [0.05, 0.1) is 12.7 Å². The maximum absolute atomic E-state index is 10.7. The Morgan fingerprint density at radius 3 is 2.50 bits per heavy atom. The van der Waals surface area contributed by atoms with Gasteiger partial charge in [0.15, 0.2) is 6.29 Å². The van der Waals surface area contributed by atoms with Crippen LogP contribution in [0.5, 0.6) is 11.5 Å². The lowest BCUT2D eigenvalue weighted by atomic mass is 9.99. The summed E-state index contributed by atoms with van der Waals surface area (Å²) in [6, 6.07) is 3.29. The van der Waals surface area contributed by atoms with Crippen LogP contribution in [-0.2, 0) is 0 Å². The van der Waals surface area contributed by atoms with Crippen molar-refractivity contribution in [3.05, 3.63) is 23.3 Å². The van der Waals surface area contributed by atoms with Gasteiger partial charge in [0, 0.05) is 0 Å². The Morgan fingerprint density at radius 1 is 1.43 bits per heavy atom. The number of benzene rings is 1. The molecular weight excluding hydrogens is 180 g/mol. The van der Waals surface area contributed by atoms with E-state index in [0.717, 1.165) is 5.56 Å². The number of hydrogen-bond acceptors (Lipinski definition) is 3. The van der Waals surface area contributed by atoms with Gasteiger partial charge in [0.1, 0.15) is 11.5 Å². The number of carbonyl (C=O) groups is 1. The van der Waals surface area contributed by atoms with Crippen molar-refractivity contribution in [3.63, 3.8) is 0 Å². The molecule has 3 heteroatoms. The molecule has 0 aromatic heterocycles. The van der Waals surface area contributed by atoms with Crippen LogP contribution in [-0.4, -0.2) is 18.5 Å². The molecular formula is C11H14O3. The van der Waals surface area contributed by atoms with Crippen molar-refractivity contribution in [1.29, 1.82) is 0 Å². The van der Waals surface area contributed by atoms with Crippen molar-refractivity contribution < 1.29 is 14.6 Å². The molecule has 0 aliphatic heterocycles. The molecule has 0 radical (unpaired) electrons. The number of aldehydes is 1. The van der Waals surface area contributed by atoms with Gasteiger partial charge in [0.25, 0.3) is 0 Å². The number of phenols is 1. The fourth-order valence-electron chi connectivity index (χ4n) is 1.40. The Bertz CT molecular complexity index is 343. The largest absolute Gasteiger partial charge is 0.507 e. The van der Waals surface area contributed by atoms with Crippen molar-refractivity contribution in [3.8, 4) is 11.5 Å². The number of hydrogen-bond donors (Lipinski definition) is 1. The number of methoxy groups -OCH3 is 1. The Labute approximate surface area is 83.3 Å². The first-order chi connectivity index (χ1) is 6.61. The van der Waals surface area contributed by atoms with E-state index in [4.69, 9.17) is 4.74 Å². The summed E-state index contributed by atoms with van der Waals surface area (Å²) in [6.07, 6.45) is 0.611. The highest BCUT2D eigenvalue weighted by Gasteiger charge is 2.14. The van der Waals surface area contributed by atoms with E-state index >= 15 is 0 Å². The van der Waals surface area contributed by atoms with Crippen molar-refractivity contribution in [2.24, 2.45) is 0 Å². The van der Waals surface area contributed by atoms with Crippen molar-refractivity contribution in [2.45, 2.75) is 19.8 Å². The van der Waals surface area contributed by atoms with Gasteiger partial charge < -0.3 is 9.84 Å². The molecule has 3 nitrogen and oxygen atoms in total. The van der Waals surface area contributed by atoms with Gasteiger partial charge in [-0.1, -0.05) is 19.9 Å². The molecule has 0 fully saturated rings. The predicted octanol–water partition coefficient (Wildman–Crippen LogP) is 2.34. The molecule has 0 amide bonds. The first-order valence-corrected chi connectivity index (χ1v) is 4.46. The summed E-state index contributed by atoms with van der Waals surface area (Å²) in [5.41, 5.74) is 1.14. The van der Waals surface area contributed by atoms with Gasteiger partial charge in [-0.05, 0) is 17.5 Å². The van der Waals surface area contributed by atoms with Crippen LogP contribution in [0.25, 0.3) is 0 Å². The molecule has 0 bridgehead atoms. The van der Waals surface area contributed by atoms with E-state index in [2.05, 4.69) is 0 Å². The molecule has 0 saturated carbocycles. The zero-order chi connectivity index (χ0) is 10.7. The van der Waals surface area contributed by atoms with Gasteiger partial charge in [-0.2, -0.15) is 0 Å². The van der Waals surface area contributed by atoms with Gasteiger partial charge in [-0.15, -0.1) is 0 Å². The second-order valence-electron chi connectivity index (χ2n) is 3.39. The van der Waals surface area contributed by atoms with Crippen LogP contribution in [0.3, 0.4) is 0 Å². The summed E-state index contributed by atoms with van der Waals surface area (Å²) in [7, 11) is 1.49. The average molecular weight is 194 g/mol. The molecule has 1 aromatic rings. The Morgan fingerprint density at radius 2 is 2.07 bits per heavy atom. The number of rotatable bonds is 3. The molecule has 76 valence electrons. The zero-order valence-corrected chi connectivity index (χ0v) is 8.57. The summed E-state index contributed by atoms with van der Waals surface area (Å²) in [5, 5.41) is 9.42. The first-order valence-electron chi connectivity index (χ1n) is 4.46. The molecule has 1 rings (SSSR count). The lowest BCUT2D eigenvalue weighted by Crippen LogP contribution is -1.98. The highest BCUT2D eigenvalue weighted by atomic mass is 16.5. The second-order valence-corrected chi connectivity index (χ2v) is 3.39. The third-order valence-corrected chi connectivity index (χ3v) is 2.15. The van der Waals surface area contributed by atoms with E-state index in [1.165, 1.54) is 13.2 Å². The fourth-order valence-corrected chi connectivity index (χ4v) is 1.40. The second kappa shape index (κ2) is 4.13. The standard InChI is InChI=1S/C11H14O3/c1-7(2)8-4-5-10(13)9(6-12)11(8)14-3/h4-7,13H,1-3H3. The van der Waals surface area contributed by atoms with Crippen molar-refractivity contribution >= 4 is 6.29 Å². The quantitative estimate of drug-likeness (QED) is 0.751. The number of carbonyl (C=O) groups excluding carboxylic acids is 1. The van der Waals surface area contributed by atoms with Crippen LogP contribution in [0.4, 0.5) is 0 Å². The predicted molar refractivity (Wildman–Crippen MR) is 54.1 cm³/mol. The maximum atomic E-state index is 10.7. The molecule has 0 aliphatic rings. The van der Waals surface area contributed by atoms with Crippen LogP contribution in [0.15, 0.2) is 12.1 Å². The molecule has 0 aliphatic carbocycles. The van der Waals surface area contributed by atoms with Crippen LogP contribution in [0.2, 0.25) is 0 Å². The van der Waals surface area contributed by atoms with E-state index in [-0.39, 0.29) is 17.2 Å². The molecule has 1 N–H and O–H groups in total. The fraction of sp³-hybridized carbons (Fsp3) is 0.364. The van der Waals surface area contributed by atoms with Crippen LogP contribution < -0.4 is 4.74 Å². The summed E-state index contributed by atoms with van der Waals surface area (Å²) in [4.78, 5) is 10.7. The first kappa shape index (κ1) is 10.6. The van der Waals surface area contributed by atoms with Gasteiger partial charge in [0.2, 0.25) is 0 Å². The summed E-state index contributed by atoms with van der Waals surface area (Å²) in [5.74, 6) is 0.681. The highest BCUT2D eigenvalue weighted by molar-refractivity contribution is 5.84. The number of phenolic OH excluding ortho intramolecular Hbond substituents is 1. The summed E-state index contributed by atoms with van der Waals surface area (Å²) >= 11 is 0. The molecule has 0 atom stereocenters. The smallest absolute Gasteiger partial charge is 0.157 e. The van der Waals surface area contributed by atoms with Crippen molar-refractivity contribution in [1.82, 2.24) is 0 Å². The van der Waals surface area contributed by atoms with E-state index in [1.807, 2.05) is 13.8 Å². The van der Waals surface area contributed by atoms with Gasteiger partial charge >= 0.3 is 0 Å². The molecule has 0 saturated heterocycles. The van der Waals surface area contributed by atoms with E-state index in [0.29, 0.717) is 12.0 Å². The third kappa shape index (κ3) is 1.71. The minimum atomic E-state index is -0.0405. The van der Waals surface area contributed by atoms with E-state index in [1.54, 1.807) is 6.07 Å². The monoisotopic (exact) mass is 194 g/mol. The topological polar surface area (TPSA) is 46.5 Å². The molecule has 0 heterocycles. The lowest BCUT2D eigenvalue weighted by Gasteiger charge is -2.14. The number of aromatic hydroxyl groups is 1. The third-order valence-electron chi connectivity index (χ3n) is 2.15. The van der Waals surface area contributed by atoms with Gasteiger partial charge in [-0.3, -0.25) is 4.79 Å². The molecule has 1 aromatic carbocycles. The van der Waals surface area contributed by atoms with Crippen LogP contribution in [0, 0.1) is 0 Å². The minimum Gasteiger partial charge on any atom is -0.507 e. The summed E-state index contributed by atoms with van der Waals surface area (Å²) < 4.78 is 5.12. The molecule has 0 spiro atoms. The van der Waals surface area contributed by atoms with Gasteiger partial charge in [-0.25, -0.2) is 0 Å². The Kier molecular flexibility index (Phi) is 3.12. The summed E-state index contributed by atoms with van der Waals surface area (Å²) in [6.45, 7) is 4.01. The zero-order valence-electron chi connectivity index (χ0n) is 8.57. The maximum Gasteiger partial charge on any atom is 0.157 e. The minimum absolute atomic E-state index is 0.0405. The highest BCUT2D eigenvalue weighted by Crippen LogP contribution is 2.34. The normalized spacial score (nSPS) is 10.3. The SMILES string of the molecule is COc1c(C(C)C)ccc(O)c1C=O. The van der Waals surface area contributed by atoms with E-state index < -0.39 is 0 Å². The Balaban J connectivity index is 3.40.